The molecule has 7 nitrogen and oxygen atoms in total. The number of nitrogens with zero attached hydrogens (tertiary/aromatic N) is 3. The number of nitrogens with one attached hydrogen (secondary N) is 1. The minimum atomic E-state index is -4.63. The molecule has 1 saturated heterocycles. The fourth-order valence-corrected chi connectivity index (χ4v) is 5.17. The maximum atomic E-state index is 13.4. The highest BCUT2D eigenvalue weighted by atomic mass is 32.2. The van der Waals surface area contributed by atoms with Crippen molar-refractivity contribution in [2.75, 3.05) is 24.9 Å². The number of aromatic nitrogens is 2. The van der Waals surface area contributed by atoms with Crippen molar-refractivity contribution in [3.8, 4) is 5.75 Å². The Morgan fingerprint density at radius 2 is 2.10 bits per heavy atom. The Hall–Kier alpha value is -2.44. The van der Waals surface area contributed by atoms with Crippen molar-refractivity contribution in [1.29, 1.82) is 0 Å². The van der Waals surface area contributed by atoms with E-state index in [9.17, 15) is 21.6 Å². The molecule has 1 aliphatic rings. The van der Waals surface area contributed by atoms with Gasteiger partial charge in [0.15, 0.2) is 5.03 Å². The first-order valence-corrected chi connectivity index (χ1v) is 11.2. The van der Waals surface area contributed by atoms with E-state index >= 15 is 0 Å². The maximum absolute atomic E-state index is 13.4. The van der Waals surface area contributed by atoms with Gasteiger partial charge in [0.25, 0.3) is 10.0 Å². The predicted octanol–water partition coefficient (Wildman–Crippen LogP) is 3.59. The molecule has 0 radical (unpaired) electrons. The average molecular weight is 458 g/mol. The number of pyridine rings is 1. The van der Waals surface area contributed by atoms with Gasteiger partial charge in [0, 0.05) is 25.4 Å². The minimum Gasteiger partial charge on any atom is -0.488 e. The van der Waals surface area contributed by atoms with Gasteiger partial charge in [-0.1, -0.05) is 0 Å². The van der Waals surface area contributed by atoms with Crippen molar-refractivity contribution in [1.82, 2.24) is 14.3 Å². The molecule has 0 spiro atoms. The van der Waals surface area contributed by atoms with Crippen LogP contribution < -0.4 is 9.46 Å². The molecule has 0 unspecified atom stereocenters. The molecular formula is C18H17F3N4O3S2. The Morgan fingerprint density at radius 1 is 1.30 bits per heavy atom. The zero-order valence-electron chi connectivity index (χ0n) is 15.7. The molecule has 30 heavy (non-hydrogen) atoms. The number of likely N-dealkylation sites (tertiary alicyclic amines) is 1. The summed E-state index contributed by atoms with van der Waals surface area (Å²) in [5.41, 5.74) is -1.01. The van der Waals surface area contributed by atoms with Gasteiger partial charge in [-0.15, -0.1) is 0 Å². The molecule has 0 bridgehead atoms. The third kappa shape index (κ3) is 4.20. The van der Waals surface area contributed by atoms with Crippen LogP contribution in [0.15, 0.2) is 41.7 Å². The molecule has 2 aromatic heterocycles. The summed E-state index contributed by atoms with van der Waals surface area (Å²) in [5, 5.41) is 0.0981. The molecule has 3 aromatic rings. The minimum absolute atomic E-state index is 0.0497. The van der Waals surface area contributed by atoms with Crippen molar-refractivity contribution in [2.24, 2.45) is 0 Å². The molecule has 1 aliphatic heterocycles. The van der Waals surface area contributed by atoms with Crippen LogP contribution >= 0.6 is 11.5 Å². The summed E-state index contributed by atoms with van der Waals surface area (Å²) in [4.78, 5) is 5.87. The number of ether oxygens (including phenoxy) is 1. The van der Waals surface area contributed by atoms with E-state index in [-0.39, 0.29) is 10.7 Å². The van der Waals surface area contributed by atoms with E-state index in [0.29, 0.717) is 29.6 Å². The monoisotopic (exact) mass is 458 g/mol. The number of benzene rings is 1. The van der Waals surface area contributed by atoms with E-state index in [4.69, 9.17) is 4.74 Å². The van der Waals surface area contributed by atoms with E-state index in [0.717, 1.165) is 29.7 Å². The van der Waals surface area contributed by atoms with E-state index in [1.807, 2.05) is 11.9 Å². The summed E-state index contributed by atoms with van der Waals surface area (Å²) >= 11 is 1.12. The lowest BCUT2D eigenvalue weighted by molar-refractivity contribution is -0.139. The molecule has 0 amide bonds. The third-order valence-electron chi connectivity index (χ3n) is 4.68. The van der Waals surface area contributed by atoms with Crippen LogP contribution in [0.3, 0.4) is 0 Å². The molecule has 12 heteroatoms. The van der Waals surface area contributed by atoms with Gasteiger partial charge < -0.3 is 9.64 Å². The van der Waals surface area contributed by atoms with Crippen molar-refractivity contribution >= 4 is 37.3 Å². The van der Waals surface area contributed by atoms with Crippen molar-refractivity contribution in [3.63, 3.8) is 0 Å². The zero-order chi connectivity index (χ0) is 21.5. The lowest BCUT2D eigenvalue weighted by Crippen LogP contribution is -2.23. The van der Waals surface area contributed by atoms with E-state index in [1.165, 1.54) is 12.4 Å². The first kappa shape index (κ1) is 20.8. The Bertz CT molecular complexity index is 1180. The molecular weight excluding hydrogens is 441 g/mol. The normalized spacial score (nSPS) is 18.1. The number of hydrogen-bond acceptors (Lipinski definition) is 7. The number of alkyl halides is 3. The first-order chi connectivity index (χ1) is 14.1. The van der Waals surface area contributed by atoms with Crippen LogP contribution in [0.25, 0.3) is 10.1 Å². The summed E-state index contributed by atoms with van der Waals surface area (Å²) < 4.78 is 78.4. The fraction of sp³-hybridized carbons (Fsp3) is 0.333. The van der Waals surface area contributed by atoms with Gasteiger partial charge in [0.05, 0.1) is 27.5 Å². The van der Waals surface area contributed by atoms with E-state index < -0.39 is 33.6 Å². The Labute approximate surface area is 174 Å². The van der Waals surface area contributed by atoms with E-state index in [2.05, 4.69) is 14.1 Å². The quantitative estimate of drug-likeness (QED) is 0.629. The third-order valence-corrected chi connectivity index (χ3v) is 6.78. The summed E-state index contributed by atoms with van der Waals surface area (Å²) in [6, 6.07) is 4.56. The average Bonchev–Trinajstić information content (AvgIpc) is 3.29. The summed E-state index contributed by atoms with van der Waals surface area (Å²) in [7, 11) is -2.30. The highest BCUT2D eigenvalue weighted by Crippen LogP contribution is 2.39. The highest BCUT2D eigenvalue weighted by Gasteiger charge is 2.36. The fourth-order valence-electron chi connectivity index (χ4n) is 3.28. The molecule has 0 saturated carbocycles. The Morgan fingerprint density at radius 3 is 2.80 bits per heavy atom. The Kier molecular flexibility index (Phi) is 5.32. The number of hydrogen-bond donors (Lipinski definition) is 1. The van der Waals surface area contributed by atoms with Crippen LogP contribution in [0.5, 0.6) is 5.75 Å². The summed E-state index contributed by atoms with van der Waals surface area (Å²) in [6.45, 7) is 1.20. The van der Waals surface area contributed by atoms with Crippen LogP contribution in [0.4, 0.5) is 18.9 Å². The van der Waals surface area contributed by atoms with Gasteiger partial charge in [0.1, 0.15) is 11.9 Å². The van der Waals surface area contributed by atoms with Crippen LogP contribution in [-0.2, 0) is 16.2 Å². The second-order valence-corrected chi connectivity index (χ2v) is 9.39. The van der Waals surface area contributed by atoms with Crippen molar-refractivity contribution < 1.29 is 26.3 Å². The second-order valence-electron chi connectivity index (χ2n) is 6.96. The molecule has 1 aromatic carbocycles. The van der Waals surface area contributed by atoms with Crippen LogP contribution in [0.1, 0.15) is 12.0 Å². The van der Waals surface area contributed by atoms with Gasteiger partial charge in [-0.05, 0) is 43.2 Å². The molecule has 1 N–H and O–H groups in total. The molecule has 0 aliphatic carbocycles. The largest absolute Gasteiger partial charge is 0.488 e. The van der Waals surface area contributed by atoms with Gasteiger partial charge in [0.2, 0.25) is 0 Å². The number of likely N-dealkylation sites (N-methyl/N-ethyl adjacent to an activating group) is 1. The van der Waals surface area contributed by atoms with Crippen molar-refractivity contribution in [2.45, 2.75) is 23.7 Å². The van der Waals surface area contributed by atoms with Gasteiger partial charge >= 0.3 is 6.18 Å². The molecule has 3 heterocycles. The van der Waals surface area contributed by atoms with Crippen LogP contribution in [0, 0.1) is 0 Å². The number of rotatable bonds is 5. The smallest absolute Gasteiger partial charge is 0.419 e. The summed E-state index contributed by atoms with van der Waals surface area (Å²) in [5.74, 6) is -0.411. The number of fused-ring (bicyclic) bond motifs is 1. The van der Waals surface area contributed by atoms with E-state index in [1.54, 1.807) is 6.07 Å². The lowest BCUT2D eigenvalue weighted by Gasteiger charge is -2.19. The first-order valence-electron chi connectivity index (χ1n) is 8.92. The molecule has 1 fully saturated rings. The standard InChI is InChI=1S/C18H17F3N4O3S2/c1-25-7-5-12(10-25)28-15-8-11(2-3-14(15)18(19,20)21)24-30(26,27)17-13-9-23-29-16(13)4-6-22-17/h2-4,6,8-9,12,24H,5,7,10H2,1H3/t12-/m1/s1. The number of sulfonamides is 1. The van der Waals surface area contributed by atoms with Crippen molar-refractivity contribution in [3.05, 3.63) is 42.2 Å². The number of anilines is 1. The SMILES string of the molecule is CN1CC[C@@H](Oc2cc(NS(=O)(=O)c3nccc4sncc34)ccc2C(F)(F)F)C1. The molecule has 1 atom stereocenters. The van der Waals surface area contributed by atoms with Gasteiger partial charge in [-0.3, -0.25) is 4.72 Å². The highest BCUT2D eigenvalue weighted by molar-refractivity contribution is 7.92. The topological polar surface area (TPSA) is 84.4 Å². The second kappa shape index (κ2) is 7.67. The van der Waals surface area contributed by atoms with Gasteiger partial charge in [-0.25, -0.2) is 4.98 Å². The summed E-state index contributed by atoms with van der Waals surface area (Å²) in [6.07, 6.45) is -1.73. The Balaban J connectivity index is 1.67. The molecule has 4 rings (SSSR count). The maximum Gasteiger partial charge on any atom is 0.419 e. The van der Waals surface area contributed by atoms with Gasteiger partial charge in [-0.2, -0.15) is 26.0 Å². The number of halogens is 3. The molecule has 160 valence electrons. The zero-order valence-corrected chi connectivity index (χ0v) is 17.3. The predicted molar refractivity (Wildman–Crippen MR) is 106 cm³/mol. The lowest BCUT2D eigenvalue weighted by atomic mass is 10.1. The van der Waals surface area contributed by atoms with Crippen LogP contribution in [0.2, 0.25) is 0 Å². The van der Waals surface area contributed by atoms with Crippen LogP contribution in [-0.4, -0.2) is 48.9 Å².